The summed E-state index contributed by atoms with van der Waals surface area (Å²) in [4.78, 5) is 23.4. The van der Waals surface area contributed by atoms with Gasteiger partial charge in [0.05, 0.1) is 17.1 Å². The number of carbonyl (C=O) groups excluding carboxylic acids is 2. The predicted octanol–water partition coefficient (Wildman–Crippen LogP) is 1.53. The molecule has 0 heterocycles. The van der Waals surface area contributed by atoms with Gasteiger partial charge in [-0.3, -0.25) is 4.79 Å². The third kappa shape index (κ3) is 5.57. The maximum absolute atomic E-state index is 11.9. The molecule has 0 aliphatic rings. The molecule has 0 fully saturated rings. The van der Waals surface area contributed by atoms with Gasteiger partial charge in [-0.2, -0.15) is 0 Å². The van der Waals surface area contributed by atoms with Crippen molar-refractivity contribution in [2.75, 3.05) is 18.5 Å². The van der Waals surface area contributed by atoms with Gasteiger partial charge in [-0.1, -0.05) is 0 Å². The van der Waals surface area contributed by atoms with Crippen LogP contribution >= 0.6 is 0 Å². The van der Waals surface area contributed by atoms with Gasteiger partial charge < -0.3 is 14.8 Å². The molecule has 0 spiro atoms. The number of primary sulfonamides is 1. The first-order valence-electron chi connectivity index (χ1n) is 7.62. The summed E-state index contributed by atoms with van der Waals surface area (Å²) in [6, 6.07) is 11.6. The highest BCUT2D eigenvalue weighted by Gasteiger charge is 2.09. The van der Waals surface area contributed by atoms with Crippen LogP contribution in [0.4, 0.5) is 5.69 Å². The molecule has 0 aromatic heterocycles. The third-order valence-electron chi connectivity index (χ3n) is 3.20. The highest BCUT2D eigenvalue weighted by Crippen LogP contribution is 2.14. The molecule has 26 heavy (non-hydrogen) atoms. The van der Waals surface area contributed by atoms with E-state index < -0.39 is 21.9 Å². The molecule has 138 valence electrons. The topological polar surface area (TPSA) is 125 Å². The normalized spacial score (nSPS) is 10.8. The van der Waals surface area contributed by atoms with Gasteiger partial charge >= 0.3 is 5.97 Å². The number of carbonyl (C=O) groups is 2. The molecule has 0 bridgehead atoms. The van der Waals surface area contributed by atoms with E-state index in [1.807, 2.05) is 0 Å². The van der Waals surface area contributed by atoms with Crippen LogP contribution in [0.5, 0.6) is 5.75 Å². The second-order valence-corrected chi connectivity index (χ2v) is 6.71. The smallest absolute Gasteiger partial charge is 0.338 e. The lowest BCUT2D eigenvalue weighted by Crippen LogP contribution is -2.20. The van der Waals surface area contributed by atoms with Gasteiger partial charge in [0, 0.05) is 5.69 Å². The zero-order chi connectivity index (χ0) is 19.2. The molecule has 0 aliphatic heterocycles. The molecular formula is C17H18N2O6S. The zero-order valence-corrected chi connectivity index (χ0v) is 14.8. The molecule has 0 atom stereocenters. The number of hydrogen-bond acceptors (Lipinski definition) is 6. The number of sulfonamides is 1. The summed E-state index contributed by atoms with van der Waals surface area (Å²) in [5.41, 5.74) is 0.794. The third-order valence-corrected chi connectivity index (χ3v) is 4.13. The number of amides is 1. The van der Waals surface area contributed by atoms with Crippen molar-refractivity contribution in [1.29, 1.82) is 0 Å². The van der Waals surface area contributed by atoms with E-state index in [0.717, 1.165) is 0 Å². The Bertz CT molecular complexity index is 876. The maximum atomic E-state index is 11.9. The Morgan fingerprint density at radius 2 is 1.65 bits per heavy atom. The van der Waals surface area contributed by atoms with Crippen molar-refractivity contribution < 1.29 is 27.5 Å². The molecule has 9 heteroatoms. The lowest BCUT2D eigenvalue weighted by molar-refractivity contribution is -0.118. The fourth-order valence-corrected chi connectivity index (χ4v) is 2.49. The van der Waals surface area contributed by atoms with Crippen LogP contribution in [0.1, 0.15) is 17.3 Å². The molecule has 2 aromatic rings. The first-order chi connectivity index (χ1) is 12.3. The van der Waals surface area contributed by atoms with E-state index in [0.29, 0.717) is 17.0 Å². The quantitative estimate of drug-likeness (QED) is 0.704. The van der Waals surface area contributed by atoms with Crippen molar-refractivity contribution in [1.82, 2.24) is 0 Å². The Kier molecular flexibility index (Phi) is 6.31. The average Bonchev–Trinajstić information content (AvgIpc) is 2.60. The first kappa shape index (κ1) is 19.4. The van der Waals surface area contributed by atoms with Gasteiger partial charge in [-0.05, 0) is 55.5 Å². The highest BCUT2D eigenvalue weighted by atomic mass is 32.2. The fourth-order valence-electron chi connectivity index (χ4n) is 1.98. The van der Waals surface area contributed by atoms with Crippen molar-refractivity contribution >= 4 is 27.6 Å². The molecule has 3 N–H and O–H groups in total. The van der Waals surface area contributed by atoms with Gasteiger partial charge in [0.15, 0.2) is 6.61 Å². The Morgan fingerprint density at radius 3 is 2.19 bits per heavy atom. The monoisotopic (exact) mass is 378 g/mol. The van der Waals surface area contributed by atoms with Gasteiger partial charge in [0.2, 0.25) is 10.0 Å². The van der Waals surface area contributed by atoms with E-state index in [2.05, 4.69) is 5.32 Å². The summed E-state index contributed by atoms with van der Waals surface area (Å²) < 4.78 is 32.5. The summed E-state index contributed by atoms with van der Waals surface area (Å²) in [7, 11) is -3.78. The van der Waals surface area contributed by atoms with Crippen molar-refractivity contribution in [2.45, 2.75) is 11.8 Å². The number of nitrogens with one attached hydrogen (secondary N) is 1. The second-order valence-electron chi connectivity index (χ2n) is 5.15. The van der Waals surface area contributed by atoms with Crippen LogP contribution < -0.4 is 15.2 Å². The molecule has 0 unspecified atom stereocenters. The van der Waals surface area contributed by atoms with E-state index in [1.165, 1.54) is 36.4 Å². The van der Waals surface area contributed by atoms with Crippen LogP contribution in [0.25, 0.3) is 0 Å². The summed E-state index contributed by atoms with van der Waals surface area (Å²) in [6.45, 7) is 1.75. The van der Waals surface area contributed by atoms with E-state index in [1.54, 1.807) is 19.1 Å². The number of anilines is 1. The highest BCUT2D eigenvalue weighted by molar-refractivity contribution is 7.89. The molecule has 0 aliphatic carbocycles. The minimum atomic E-state index is -3.78. The van der Waals surface area contributed by atoms with E-state index in [-0.39, 0.29) is 18.1 Å². The maximum Gasteiger partial charge on any atom is 0.338 e. The predicted molar refractivity (Wildman–Crippen MR) is 94.3 cm³/mol. The standard InChI is InChI=1S/C17H18N2O6S/c1-2-24-17(21)12-3-7-14(8-4-12)25-11-16(20)19-13-5-9-15(10-6-13)26(18,22)23/h3-10H,2,11H2,1H3,(H,19,20)(H2,18,22,23). The molecular weight excluding hydrogens is 360 g/mol. The minimum absolute atomic E-state index is 0.0477. The SMILES string of the molecule is CCOC(=O)c1ccc(OCC(=O)Nc2ccc(S(N)(=O)=O)cc2)cc1. The Balaban J connectivity index is 1.87. The van der Waals surface area contributed by atoms with Crippen LogP contribution in [0.2, 0.25) is 0 Å². The fraction of sp³-hybridized carbons (Fsp3) is 0.176. The van der Waals surface area contributed by atoms with Gasteiger partial charge in [-0.15, -0.1) is 0 Å². The Labute approximate surface area is 151 Å². The van der Waals surface area contributed by atoms with Gasteiger partial charge in [0.1, 0.15) is 5.75 Å². The molecule has 2 aromatic carbocycles. The molecule has 1 amide bonds. The molecule has 2 rings (SSSR count). The lowest BCUT2D eigenvalue weighted by Gasteiger charge is -2.08. The van der Waals surface area contributed by atoms with Gasteiger partial charge in [0.25, 0.3) is 5.91 Å². The summed E-state index contributed by atoms with van der Waals surface area (Å²) >= 11 is 0. The minimum Gasteiger partial charge on any atom is -0.484 e. The van der Waals surface area contributed by atoms with Crippen molar-refractivity contribution in [3.05, 3.63) is 54.1 Å². The van der Waals surface area contributed by atoms with E-state index in [9.17, 15) is 18.0 Å². The van der Waals surface area contributed by atoms with Crippen molar-refractivity contribution in [3.63, 3.8) is 0 Å². The first-order valence-corrected chi connectivity index (χ1v) is 9.17. The summed E-state index contributed by atoms with van der Waals surface area (Å²) in [6.07, 6.45) is 0. The average molecular weight is 378 g/mol. The van der Waals surface area contributed by atoms with Crippen molar-refractivity contribution in [3.8, 4) is 5.75 Å². The zero-order valence-electron chi connectivity index (χ0n) is 14.0. The van der Waals surface area contributed by atoms with E-state index >= 15 is 0 Å². The number of hydrogen-bond donors (Lipinski definition) is 2. The Morgan fingerprint density at radius 1 is 1.04 bits per heavy atom. The molecule has 8 nitrogen and oxygen atoms in total. The largest absolute Gasteiger partial charge is 0.484 e. The Hall–Kier alpha value is -2.91. The summed E-state index contributed by atoms with van der Waals surface area (Å²) in [5, 5.41) is 7.57. The summed E-state index contributed by atoms with van der Waals surface area (Å²) in [5.74, 6) is -0.444. The molecule has 0 saturated carbocycles. The van der Waals surface area contributed by atoms with Crippen LogP contribution in [0.3, 0.4) is 0 Å². The van der Waals surface area contributed by atoms with Crippen LogP contribution in [0.15, 0.2) is 53.4 Å². The lowest BCUT2D eigenvalue weighted by atomic mass is 10.2. The van der Waals surface area contributed by atoms with Crippen molar-refractivity contribution in [2.24, 2.45) is 5.14 Å². The number of ether oxygens (including phenoxy) is 2. The van der Waals surface area contributed by atoms with Crippen LogP contribution in [-0.2, 0) is 19.6 Å². The van der Waals surface area contributed by atoms with Crippen LogP contribution in [-0.4, -0.2) is 33.5 Å². The number of rotatable bonds is 7. The number of benzene rings is 2. The van der Waals surface area contributed by atoms with E-state index in [4.69, 9.17) is 14.6 Å². The number of esters is 1. The molecule has 0 radical (unpaired) electrons. The second kappa shape index (κ2) is 8.45. The van der Waals surface area contributed by atoms with Crippen LogP contribution in [0, 0.1) is 0 Å². The molecule has 0 saturated heterocycles. The van der Waals surface area contributed by atoms with Gasteiger partial charge in [-0.25, -0.2) is 18.4 Å². The number of nitrogens with two attached hydrogens (primary N) is 1.